The van der Waals surface area contributed by atoms with Crippen LogP contribution in [0.25, 0.3) is 22.2 Å². The van der Waals surface area contributed by atoms with Crippen molar-refractivity contribution in [1.82, 2.24) is 14.5 Å². The summed E-state index contributed by atoms with van der Waals surface area (Å²) in [5.41, 5.74) is 1.39. The quantitative estimate of drug-likeness (QED) is 0.635. The Balaban J connectivity index is 1.86. The predicted molar refractivity (Wildman–Crippen MR) is 123 cm³/mol. The fraction of sp³-hybridized carbons (Fsp3) is 0.417. The summed E-state index contributed by atoms with van der Waals surface area (Å²) >= 11 is 0. The molecule has 1 aliphatic heterocycles. The lowest BCUT2D eigenvalue weighted by molar-refractivity contribution is -0.114. The molecular formula is C24H28N4O5. The number of anilines is 1. The molecule has 0 aliphatic carbocycles. The normalized spacial score (nSPS) is 18.5. The Labute approximate surface area is 192 Å². The standard InChI is InChI=1S/C24H28N4O5/c1-15(29)26-21-11-16-17(13-28(19(16)12-25-21)22(30)33-23(2,3)4)18-7-6-8-20(27-18)24(31-5)9-10-32-14-24/h6-8,11-13H,9-10,14H2,1-5H3,(H,25,26,29). The zero-order chi connectivity index (χ0) is 23.8. The van der Waals surface area contributed by atoms with Crippen molar-refractivity contribution < 1.29 is 23.8 Å². The fourth-order valence-electron chi connectivity index (χ4n) is 3.89. The minimum Gasteiger partial charge on any atom is -0.443 e. The molecule has 1 amide bonds. The summed E-state index contributed by atoms with van der Waals surface area (Å²) in [6.45, 7) is 7.87. The number of rotatable bonds is 4. The van der Waals surface area contributed by atoms with E-state index in [1.165, 1.54) is 11.5 Å². The predicted octanol–water partition coefficient (Wildman–Crippen LogP) is 4.10. The van der Waals surface area contributed by atoms with E-state index in [9.17, 15) is 9.59 Å². The summed E-state index contributed by atoms with van der Waals surface area (Å²) < 4.78 is 18.4. The number of amides is 1. The number of carbonyl (C=O) groups excluding carboxylic acids is 2. The Bertz CT molecular complexity index is 1210. The lowest BCUT2D eigenvalue weighted by Crippen LogP contribution is -2.30. The van der Waals surface area contributed by atoms with E-state index < -0.39 is 17.3 Å². The Kier molecular flexibility index (Phi) is 5.94. The Hall–Kier alpha value is -3.30. The maximum Gasteiger partial charge on any atom is 0.419 e. The second kappa shape index (κ2) is 8.57. The van der Waals surface area contributed by atoms with Gasteiger partial charge < -0.3 is 19.5 Å². The van der Waals surface area contributed by atoms with Crippen molar-refractivity contribution >= 4 is 28.7 Å². The first kappa shape index (κ1) is 22.9. The van der Waals surface area contributed by atoms with Crippen molar-refractivity contribution in [3.63, 3.8) is 0 Å². The molecule has 33 heavy (non-hydrogen) atoms. The van der Waals surface area contributed by atoms with E-state index in [2.05, 4.69) is 10.3 Å². The third kappa shape index (κ3) is 4.60. The van der Waals surface area contributed by atoms with E-state index >= 15 is 0 Å². The average molecular weight is 453 g/mol. The molecule has 3 aromatic heterocycles. The van der Waals surface area contributed by atoms with Crippen LogP contribution in [0.5, 0.6) is 0 Å². The van der Waals surface area contributed by atoms with Crippen LogP contribution in [0.2, 0.25) is 0 Å². The van der Waals surface area contributed by atoms with Gasteiger partial charge in [0.05, 0.1) is 29.7 Å². The van der Waals surface area contributed by atoms with Crippen LogP contribution in [0.1, 0.15) is 39.8 Å². The summed E-state index contributed by atoms with van der Waals surface area (Å²) in [7, 11) is 1.66. The molecule has 1 atom stereocenters. The molecule has 1 fully saturated rings. The van der Waals surface area contributed by atoms with Gasteiger partial charge in [0.1, 0.15) is 17.0 Å². The van der Waals surface area contributed by atoms with Gasteiger partial charge in [0.15, 0.2) is 0 Å². The molecule has 1 saturated heterocycles. The van der Waals surface area contributed by atoms with Crippen molar-refractivity contribution in [1.29, 1.82) is 0 Å². The molecule has 1 unspecified atom stereocenters. The zero-order valence-corrected chi connectivity index (χ0v) is 19.5. The molecule has 9 heteroatoms. The number of ether oxygens (including phenoxy) is 3. The van der Waals surface area contributed by atoms with Gasteiger partial charge in [0.2, 0.25) is 5.91 Å². The summed E-state index contributed by atoms with van der Waals surface area (Å²) in [5.74, 6) is 0.144. The number of fused-ring (bicyclic) bond motifs is 1. The number of nitrogens with zero attached hydrogens (tertiary/aromatic N) is 3. The minimum absolute atomic E-state index is 0.238. The highest BCUT2D eigenvalue weighted by Gasteiger charge is 2.38. The van der Waals surface area contributed by atoms with Gasteiger partial charge >= 0.3 is 6.09 Å². The first-order valence-corrected chi connectivity index (χ1v) is 10.7. The van der Waals surface area contributed by atoms with Gasteiger partial charge in [-0.1, -0.05) is 6.07 Å². The first-order valence-electron chi connectivity index (χ1n) is 10.7. The molecule has 0 radical (unpaired) electrons. The monoisotopic (exact) mass is 452 g/mol. The van der Waals surface area contributed by atoms with E-state index in [0.717, 1.165) is 5.69 Å². The number of aromatic nitrogens is 3. The summed E-state index contributed by atoms with van der Waals surface area (Å²) in [4.78, 5) is 33.7. The number of nitrogens with one attached hydrogen (secondary N) is 1. The molecule has 1 aliphatic rings. The van der Waals surface area contributed by atoms with Crippen LogP contribution in [-0.4, -0.2) is 52.5 Å². The lowest BCUT2D eigenvalue weighted by atomic mass is 9.97. The van der Waals surface area contributed by atoms with Crippen molar-refractivity contribution in [2.24, 2.45) is 0 Å². The van der Waals surface area contributed by atoms with Crippen LogP contribution in [0.3, 0.4) is 0 Å². The molecule has 3 aromatic rings. The van der Waals surface area contributed by atoms with Crippen LogP contribution < -0.4 is 5.32 Å². The van der Waals surface area contributed by atoms with Gasteiger partial charge in [-0.15, -0.1) is 0 Å². The molecule has 1 N–H and O–H groups in total. The average Bonchev–Trinajstić information content (AvgIpc) is 3.38. The number of carbonyl (C=O) groups is 2. The van der Waals surface area contributed by atoms with Crippen LogP contribution in [-0.2, 0) is 24.6 Å². The topological polar surface area (TPSA) is 105 Å². The van der Waals surface area contributed by atoms with Crippen LogP contribution >= 0.6 is 0 Å². The fourth-order valence-corrected chi connectivity index (χ4v) is 3.89. The van der Waals surface area contributed by atoms with E-state index in [0.29, 0.717) is 47.6 Å². The van der Waals surface area contributed by atoms with E-state index in [-0.39, 0.29) is 5.91 Å². The number of hydrogen-bond acceptors (Lipinski definition) is 7. The first-order chi connectivity index (χ1) is 15.6. The maximum atomic E-state index is 12.9. The molecule has 4 rings (SSSR count). The van der Waals surface area contributed by atoms with Gasteiger partial charge in [-0.3, -0.25) is 9.36 Å². The second-order valence-electron chi connectivity index (χ2n) is 9.07. The van der Waals surface area contributed by atoms with Crippen molar-refractivity contribution in [3.8, 4) is 11.3 Å². The van der Waals surface area contributed by atoms with E-state index in [1.54, 1.807) is 25.6 Å². The highest BCUT2D eigenvalue weighted by Crippen LogP contribution is 2.36. The molecule has 9 nitrogen and oxygen atoms in total. The third-order valence-electron chi connectivity index (χ3n) is 5.45. The van der Waals surface area contributed by atoms with Crippen molar-refractivity contribution in [2.45, 2.75) is 45.3 Å². The number of methoxy groups -OCH3 is 1. The maximum absolute atomic E-state index is 12.9. The summed E-state index contributed by atoms with van der Waals surface area (Å²) in [6.07, 6.45) is 3.41. The third-order valence-corrected chi connectivity index (χ3v) is 5.45. The minimum atomic E-state index is -0.664. The summed E-state index contributed by atoms with van der Waals surface area (Å²) in [5, 5.41) is 3.40. The van der Waals surface area contributed by atoms with Crippen molar-refractivity contribution in [3.05, 3.63) is 42.4 Å². The van der Waals surface area contributed by atoms with Gasteiger partial charge in [0.25, 0.3) is 0 Å². The Morgan fingerprint density at radius 2 is 2.06 bits per heavy atom. The molecule has 174 valence electrons. The second-order valence-corrected chi connectivity index (χ2v) is 9.07. The molecule has 0 bridgehead atoms. The highest BCUT2D eigenvalue weighted by atomic mass is 16.6. The van der Waals surface area contributed by atoms with Crippen LogP contribution in [0.4, 0.5) is 10.6 Å². The van der Waals surface area contributed by atoms with Crippen molar-refractivity contribution in [2.75, 3.05) is 25.6 Å². The van der Waals surface area contributed by atoms with E-state index in [4.69, 9.17) is 19.2 Å². The molecule has 0 saturated carbocycles. The molecule has 0 spiro atoms. The SMILES string of the molecule is COC1(c2cccc(-c3cn(C(=O)OC(C)(C)C)c4cnc(NC(C)=O)cc34)n2)CCOC1. The van der Waals surface area contributed by atoms with Crippen LogP contribution in [0, 0.1) is 0 Å². The van der Waals surface area contributed by atoms with Crippen LogP contribution in [0.15, 0.2) is 36.7 Å². The number of pyridine rings is 2. The highest BCUT2D eigenvalue weighted by molar-refractivity contribution is 6.01. The smallest absolute Gasteiger partial charge is 0.419 e. The van der Waals surface area contributed by atoms with Gasteiger partial charge in [-0.05, 0) is 39.0 Å². The van der Waals surface area contributed by atoms with Gasteiger partial charge in [-0.25, -0.2) is 14.8 Å². The largest absolute Gasteiger partial charge is 0.443 e. The molecule has 4 heterocycles. The van der Waals surface area contributed by atoms with Gasteiger partial charge in [0, 0.05) is 44.2 Å². The van der Waals surface area contributed by atoms with Gasteiger partial charge in [-0.2, -0.15) is 0 Å². The summed E-state index contributed by atoms with van der Waals surface area (Å²) in [6, 6.07) is 7.42. The molecule has 0 aromatic carbocycles. The Morgan fingerprint density at radius 3 is 2.70 bits per heavy atom. The van der Waals surface area contributed by atoms with E-state index in [1.807, 2.05) is 39.0 Å². The Morgan fingerprint density at radius 1 is 1.27 bits per heavy atom. The zero-order valence-electron chi connectivity index (χ0n) is 19.5. The lowest BCUT2D eigenvalue weighted by Gasteiger charge is -2.25. The molecular weight excluding hydrogens is 424 g/mol. The number of hydrogen-bond donors (Lipinski definition) is 1.